The molecule has 110 valence electrons. The normalized spacial score (nSPS) is 10.5. The summed E-state index contributed by atoms with van der Waals surface area (Å²) in [6, 6.07) is 23.6. The third kappa shape index (κ3) is 2.86. The maximum absolute atomic E-state index is 14.0. The van der Waals surface area contributed by atoms with Crippen molar-refractivity contribution in [3.63, 3.8) is 0 Å². The lowest BCUT2D eigenvalue weighted by Crippen LogP contribution is -2.10. The zero-order valence-corrected chi connectivity index (χ0v) is 12.8. The molecule has 0 fully saturated rings. The van der Waals surface area contributed by atoms with Gasteiger partial charge < -0.3 is 4.90 Å². The van der Waals surface area contributed by atoms with Crippen molar-refractivity contribution < 1.29 is 4.39 Å². The highest BCUT2D eigenvalue weighted by Gasteiger charge is 2.13. The van der Waals surface area contributed by atoms with Crippen LogP contribution in [0.15, 0.2) is 72.8 Å². The lowest BCUT2D eigenvalue weighted by atomic mass is 10.1. The van der Waals surface area contributed by atoms with Crippen LogP contribution in [0.1, 0.15) is 11.1 Å². The van der Waals surface area contributed by atoms with Crippen molar-refractivity contribution >= 4 is 17.1 Å². The summed E-state index contributed by atoms with van der Waals surface area (Å²) in [4.78, 5) is 2.06. The summed E-state index contributed by atoms with van der Waals surface area (Å²) < 4.78 is 14.0. The van der Waals surface area contributed by atoms with Crippen LogP contribution in [0.2, 0.25) is 0 Å². The highest BCUT2D eigenvalue weighted by molar-refractivity contribution is 5.76. The van der Waals surface area contributed by atoms with Crippen molar-refractivity contribution in [2.75, 3.05) is 4.90 Å². The summed E-state index contributed by atoms with van der Waals surface area (Å²) in [5, 5.41) is 0. The second-order valence-electron chi connectivity index (χ2n) is 5.44. The molecule has 2 heteroatoms. The van der Waals surface area contributed by atoms with Crippen molar-refractivity contribution in [1.29, 1.82) is 0 Å². The average molecular weight is 291 g/mol. The lowest BCUT2D eigenvalue weighted by molar-refractivity contribution is 0.619. The van der Waals surface area contributed by atoms with Crippen molar-refractivity contribution in [3.8, 4) is 0 Å². The van der Waals surface area contributed by atoms with E-state index >= 15 is 0 Å². The molecule has 1 nitrogen and oxygen atoms in total. The first-order valence-electron chi connectivity index (χ1n) is 7.33. The molecule has 0 amide bonds. The number of rotatable bonds is 3. The summed E-state index contributed by atoms with van der Waals surface area (Å²) in [6.45, 7) is 3.83. The predicted molar refractivity (Wildman–Crippen MR) is 90.6 cm³/mol. The van der Waals surface area contributed by atoms with Gasteiger partial charge in [-0.1, -0.05) is 42.0 Å². The van der Waals surface area contributed by atoms with Gasteiger partial charge in [-0.2, -0.15) is 0 Å². The van der Waals surface area contributed by atoms with Crippen LogP contribution in [-0.2, 0) is 0 Å². The van der Waals surface area contributed by atoms with Crippen molar-refractivity contribution in [2.45, 2.75) is 13.8 Å². The molecule has 0 unspecified atom stereocenters. The van der Waals surface area contributed by atoms with Crippen molar-refractivity contribution in [2.24, 2.45) is 0 Å². The maximum Gasteiger partial charge on any atom is 0.128 e. The topological polar surface area (TPSA) is 3.24 Å². The van der Waals surface area contributed by atoms with Crippen molar-refractivity contribution in [1.82, 2.24) is 0 Å². The monoisotopic (exact) mass is 291 g/mol. The fraction of sp³-hybridized carbons (Fsp3) is 0.100. The molecule has 0 aliphatic rings. The lowest BCUT2D eigenvalue weighted by Gasteiger charge is -2.25. The van der Waals surface area contributed by atoms with Crippen molar-refractivity contribution in [3.05, 3.63) is 89.7 Å². The molecule has 3 aromatic carbocycles. The van der Waals surface area contributed by atoms with Gasteiger partial charge in [0.2, 0.25) is 0 Å². The molecule has 22 heavy (non-hydrogen) atoms. The van der Waals surface area contributed by atoms with Gasteiger partial charge in [0.25, 0.3) is 0 Å². The number of aryl methyl sites for hydroxylation is 2. The Morgan fingerprint density at radius 2 is 1.27 bits per heavy atom. The Balaban J connectivity index is 2.14. The van der Waals surface area contributed by atoms with E-state index in [-0.39, 0.29) is 5.82 Å². The fourth-order valence-corrected chi connectivity index (χ4v) is 2.44. The Bertz CT molecular complexity index is 763. The Morgan fingerprint density at radius 3 is 1.91 bits per heavy atom. The van der Waals surface area contributed by atoms with Crippen LogP contribution in [0.5, 0.6) is 0 Å². The van der Waals surface area contributed by atoms with Crippen LogP contribution in [0, 0.1) is 19.7 Å². The summed E-state index contributed by atoms with van der Waals surface area (Å²) in [5.74, 6) is -0.189. The fourth-order valence-electron chi connectivity index (χ4n) is 2.44. The maximum atomic E-state index is 14.0. The van der Waals surface area contributed by atoms with Crippen LogP contribution in [0.25, 0.3) is 0 Å². The van der Waals surface area contributed by atoms with E-state index in [1.165, 1.54) is 5.56 Å². The SMILES string of the molecule is Cc1ccc(N(c2ccccc2)c2ccc(C)c(F)c2)cc1. The third-order valence-electron chi connectivity index (χ3n) is 3.72. The Morgan fingerprint density at radius 1 is 0.682 bits per heavy atom. The molecule has 0 heterocycles. The summed E-state index contributed by atoms with van der Waals surface area (Å²) >= 11 is 0. The first kappa shape index (κ1) is 14.3. The Kier molecular flexibility index (Phi) is 3.92. The predicted octanol–water partition coefficient (Wildman–Crippen LogP) is 5.91. The molecule has 3 aromatic rings. The molecule has 0 bridgehead atoms. The van der Waals surface area contributed by atoms with Gasteiger partial charge in [0.15, 0.2) is 0 Å². The van der Waals surface area contributed by atoms with E-state index in [0.29, 0.717) is 5.56 Å². The number of halogens is 1. The molecule has 0 spiro atoms. The molecule has 0 saturated heterocycles. The van der Waals surface area contributed by atoms with Gasteiger partial charge in [-0.15, -0.1) is 0 Å². The van der Waals surface area contributed by atoms with E-state index in [1.54, 1.807) is 13.0 Å². The molecule has 0 N–H and O–H groups in total. The summed E-state index contributed by atoms with van der Waals surface area (Å²) in [5.41, 5.74) is 4.69. The number of anilines is 3. The van der Waals surface area contributed by atoms with Gasteiger partial charge >= 0.3 is 0 Å². The third-order valence-corrected chi connectivity index (χ3v) is 3.72. The number of benzene rings is 3. The minimum Gasteiger partial charge on any atom is -0.310 e. The van der Waals surface area contributed by atoms with E-state index in [1.807, 2.05) is 42.5 Å². The summed E-state index contributed by atoms with van der Waals surface area (Å²) in [6.07, 6.45) is 0. The van der Waals surface area contributed by atoms with Crippen LogP contribution < -0.4 is 4.90 Å². The Hall–Kier alpha value is -2.61. The van der Waals surface area contributed by atoms with E-state index in [9.17, 15) is 4.39 Å². The van der Waals surface area contributed by atoms with Crippen LogP contribution in [0.4, 0.5) is 21.5 Å². The number of hydrogen-bond acceptors (Lipinski definition) is 1. The first-order valence-corrected chi connectivity index (χ1v) is 7.33. The largest absolute Gasteiger partial charge is 0.310 e. The highest BCUT2D eigenvalue weighted by Crippen LogP contribution is 2.34. The highest BCUT2D eigenvalue weighted by atomic mass is 19.1. The standard InChI is InChI=1S/C20H18FN/c1-15-8-11-18(12-9-15)22(17-6-4-3-5-7-17)19-13-10-16(2)20(21)14-19/h3-14H,1-2H3. The second kappa shape index (κ2) is 6.02. The van der Waals surface area contributed by atoms with E-state index < -0.39 is 0 Å². The number of hydrogen-bond donors (Lipinski definition) is 0. The molecular weight excluding hydrogens is 273 g/mol. The minimum absolute atomic E-state index is 0.189. The summed E-state index contributed by atoms with van der Waals surface area (Å²) in [7, 11) is 0. The number of para-hydroxylation sites is 1. The van der Waals surface area contributed by atoms with Gasteiger partial charge in [-0.05, 0) is 55.8 Å². The van der Waals surface area contributed by atoms with E-state index in [4.69, 9.17) is 0 Å². The molecule has 0 saturated carbocycles. The van der Waals surface area contributed by atoms with Gasteiger partial charge in [-0.3, -0.25) is 0 Å². The zero-order valence-electron chi connectivity index (χ0n) is 12.8. The average Bonchev–Trinajstić information content (AvgIpc) is 2.54. The molecule has 3 rings (SSSR count). The molecule has 0 radical (unpaired) electrons. The molecule has 0 aliphatic carbocycles. The molecular formula is C20H18FN. The minimum atomic E-state index is -0.189. The smallest absolute Gasteiger partial charge is 0.128 e. The molecule has 0 aliphatic heterocycles. The van der Waals surface area contributed by atoms with Crippen LogP contribution in [-0.4, -0.2) is 0 Å². The molecule has 0 aromatic heterocycles. The van der Waals surface area contributed by atoms with Crippen LogP contribution in [0.3, 0.4) is 0 Å². The first-order chi connectivity index (χ1) is 10.6. The quantitative estimate of drug-likeness (QED) is 0.579. The second-order valence-corrected chi connectivity index (χ2v) is 5.44. The van der Waals surface area contributed by atoms with Crippen LogP contribution >= 0.6 is 0 Å². The van der Waals surface area contributed by atoms with Gasteiger partial charge in [-0.25, -0.2) is 4.39 Å². The van der Waals surface area contributed by atoms with E-state index in [0.717, 1.165) is 17.1 Å². The Labute approximate surface area is 130 Å². The van der Waals surface area contributed by atoms with Gasteiger partial charge in [0, 0.05) is 17.1 Å². The van der Waals surface area contributed by atoms with Gasteiger partial charge in [0.1, 0.15) is 5.82 Å². The zero-order chi connectivity index (χ0) is 15.5. The van der Waals surface area contributed by atoms with E-state index in [2.05, 4.69) is 36.1 Å². The number of nitrogens with zero attached hydrogens (tertiary/aromatic N) is 1. The molecule has 0 atom stereocenters. The van der Waals surface area contributed by atoms with Gasteiger partial charge in [0.05, 0.1) is 0 Å².